The maximum absolute atomic E-state index is 11.9. The number of nitrogens with zero attached hydrogens (tertiary/aromatic N) is 2. The topological polar surface area (TPSA) is 83.6 Å². The molecule has 0 atom stereocenters. The summed E-state index contributed by atoms with van der Waals surface area (Å²) in [4.78, 5) is 3.04. The van der Waals surface area contributed by atoms with Crippen molar-refractivity contribution in [1.82, 2.24) is 4.72 Å². The van der Waals surface area contributed by atoms with E-state index in [4.69, 9.17) is 10.1 Å². The predicted octanol–water partition coefficient (Wildman–Crippen LogP) is -0.738. The van der Waals surface area contributed by atoms with E-state index in [9.17, 15) is 8.42 Å². The molecule has 0 saturated carbocycles. The second-order valence-corrected chi connectivity index (χ2v) is 5.45. The molecule has 0 bridgehead atoms. The summed E-state index contributed by atoms with van der Waals surface area (Å²) in [6.07, 6.45) is 1.68. The molecule has 1 aromatic rings. The third-order valence-electron chi connectivity index (χ3n) is 2.39. The fourth-order valence-electron chi connectivity index (χ4n) is 1.38. The van der Waals surface area contributed by atoms with Crippen molar-refractivity contribution in [2.24, 2.45) is 0 Å². The molecule has 0 aliphatic carbocycles. The van der Waals surface area contributed by atoms with Crippen LogP contribution < -0.4 is 21.9 Å². The summed E-state index contributed by atoms with van der Waals surface area (Å²) in [6.45, 7) is 2.36. The Morgan fingerprint density at radius 2 is 2.11 bits per heavy atom. The van der Waals surface area contributed by atoms with Crippen LogP contribution >= 0.6 is 0 Å². The van der Waals surface area contributed by atoms with E-state index in [-0.39, 0.29) is 23.0 Å². The number of diazo groups is 1. The lowest BCUT2D eigenvalue weighted by atomic mass is 10.3. The van der Waals surface area contributed by atoms with E-state index < -0.39 is 10.0 Å². The lowest BCUT2D eigenvalue weighted by Gasteiger charge is -2.05. The minimum atomic E-state index is -3.57. The fourth-order valence-corrected chi connectivity index (χ4v) is 2.48. The van der Waals surface area contributed by atoms with Crippen LogP contribution in [0.15, 0.2) is 23.1 Å². The van der Waals surface area contributed by atoms with Gasteiger partial charge < -0.3 is 17.1 Å². The van der Waals surface area contributed by atoms with Gasteiger partial charge in [0.05, 0.1) is 18.1 Å². The second kappa shape index (κ2) is 7.94. The molecule has 6 nitrogen and oxygen atoms in total. The van der Waals surface area contributed by atoms with Gasteiger partial charge in [-0.15, -0.1) is 0 Å². The largest absolute Gasteiger partial charge is 1.00 e. The van der Waals surface area contributed by atoms with Crippen molar-refractivity contribution in [2.75, 3.05) is 13.7 Å². The maximum Gasteiger partial charge on any atom is 0.427 e. The summed E-state index contributed by atoms with van der Waals surface area (Å²) in [6, 6.07) is 4.11. The highest BCUT2D eigenvalue weighted by Gasteiger charge is 2.21. The normalized spacial score (nSPS) is 10.4. The Kier molecular flexibility index (Phi) is 7.37. The van der Waals surface area contributed by atoms with Crippen molar-refractivity contribution in [2.45, 2.75) is 24.7 Å². The Labute approximate surface area is 119 Å². The van der Waals surface area contributed by atoms with E-state index in [0.29, 0.717) is 12.3 Å². The monoisotopic (exact) mass is 305 g/mol. The minimum absolute atomic E-state index is 0. The molecule has 8 heteroatoms. The van der Waals surface area contributed by atoms with Gasteiger partial charge in [0.2, 0.25) is 21.2 Å². The van der Waals surface area contributed by atoms with Crippen molar-refractivity contribution in [3.63, 3.8) is 0 Å². The Bertz CT molecular complexity index is 555. The van der Waals surface area contributed by atoms with Crippen LogP contribution in [0, 0.1) is 5.39 Å². The van der Waals surface area contributed by atoms with Crippen molar-refractivity contribution < 1.29 is 25.6 Å². The van der Waals surface area contributed by atoms with E-state index in [1.54, 1.807) is 0 Å². The molecule has 0 fully saturated rings. The van der Waals surface area contributed by atoms with Gasteiger partial charge in [0.1, 0.15) is 0 Å². The van der Waals surface area contributed by atoms with E-state index in [1.807, 2.05) is 6.92 Å². The summed E-state index contributed by atoms with van der Waals surface area (Å²) in [7, 11) is -2.15. The van der Waals surface area contributed by atoms with Gasteiger partial charge in [-0.2, -0.15) is 0 Å². The SMILES string of the molecule is CCCCNS(=O)(=O)c1ccc(OC)c([N+]#N)c1.[Cl-]. The van der Waals surface area contributed by atoms with E-state index in [2.05, 4.69) is 9.70 Å². The number of hydrogen-bond acceptors (Lipinski definition) is 4. The summed E-state index contributed by atoms with van der Waals surface area (Å²) < 4.78 is 31.2. The number of sulfonamides is 1. The molecule has 1 rings (SSSR count). The molecule has 0 radical (unpaired) electrons. The molecule has 1 N–H and O–H groups in total. The summed E-state index contributed by atoms with van der Waals surface area (Å²) in [5, 5.41) is 8.78. The first-order chi connectivity index (χ1) is 8.55. The van der Waals surface area contributed by atoms with Gasteiger partial charge in [0.15, 0.2) is 4.98 Å². The Hall–Kier alpha value is -1.36. The van der Waals surface area contributed by atoms with Gasteiger partial charge in [-0.1, -0.05) is 13.3 Å². The predicted molar refractivity (Wildman–Crippen MR) is 67.8 cm³/mol. The maximum atomic E-state index is 11.9. The number of benzene rings is 1. The van der Waals surface area contributed by atoms with Crippen molar-refractivity contribution in [3.05, 3.63) is 23.2 Å². The molecule has 0 aromatic heterocycles. The Balaban J connectivity index is 0.00000324. The molecule has 0 spiro atoms. The Morgan fingerprint density at radius 1 is 1.42 bits per heavy atom. The fraction of sp³-hybridized carbons (Fsp3) is 0.455. The van der Waals surface area contributed by atoms with Crippen LogP contribution in [0.4, 0.5) is 5.69 Å². The second-order valence-electron chi connectivity index (χ2n) is 3.68. The molecular weight excluding hydrogens is 290 g/mol. The highest BCUT2D eigenvalue weighted by atomic mass is 35.5. The summed E-state index contributed by atoms with van der Waals surface area (Å²) in [5.41, 5.74) is 0.0795. The van der Waals surface area contributed by atoms with Crippen LogP contribution in [0.2, 0.25) is 0 Å². The molecule has 106 valence electrons. The smallest absolute Gasteiger partial charge is 0.427 e. The highest BCUT2D eigenvalue weighted by Crippen LogP contribution is 2.29. The molecule has 0 aliphatic heterocycles. The molecule has 1 aromatic carbocycles. The van der Waals surface area contributed by atoms with E-state index in [0.717, 1.165) is 12.8 Å². The number of rotatable bonds is 6. The molecular formula is C11H16ClN3O3S. The Morgan fingerprint density at radius 3 is 2.63 bits per heavy atom. The van der Waals surface area contributed by atoms with Crippen LogP contribution in [-0.2, 0) is 10.0 Å². The number of hydrogen-bond donors (Lipinski definition) is 1. The third-order valence-corrected chi connectivity index (χ3v) is 3.85. The van der Waals surface area contributed by atoms with Crippen molar-refractivity contribution >= 4 is 15.7 Å². The zero-order chi connectivity index (χ0) is 13.6. The van der Waals surface area contributed by atoms with E-state index in [1.165, 1.54) is 25.3 Å². The number of ether oxygens (including phenoxy) is 1. The lowest BCUT2D eigenvalue weighted by molar-refractivity contribution is -0.00000688. The zero-order valence-electron chi connectivity index (χ0n) is 10.8. The molecule has 0 amide bonds. The quantitative estimate of drug-likeness (QED) is 0.554. The number of halogens is 1. The van der Waals surface area contributed by atoms with Crippen LogP contribution in [0.1, 0.15) is 19.8 Å². The van der Waals surface area contributed by atoms with Crippen LogP contribution in [0.3, 0.4) is 0 Å². The van der Waals surface area contributed by atoms with Crippen LogP contribution in [-0.4, -0.2) is 22.1 Å². The van der Waals surface area contributed by atoms with E-state index >= 15 is 0 Å². The highest BCUT2D eigenvalue weighted by molar-refractivity contribution is 7.89. The van der Waals surface area contributed by atoms with Crippen molar-refractivity contribution in [1.29, 1.82) is 5.39 Å². The number of unbranched alkanes of at least 4 members (excludes halogenated alkanes) is 1. The standard InChI is InChI=1S/C11H16N3O3S.ClH/c1-3-4-7-13-18(15,16)9-5-6-11(17-2)10(8-9)14-12;/h5-6,8,13H,3-4,7H2,1-2H3;1H/q+1;/p-1. The summed E-state index contributed by atoms with van der Waals surface area (Å²) in [5.74, 6) is 0.310. The van der Waals surface area contributed by atoms with Gasteiger partial charge in [-0.3, -0.25) is 0 Å². The summed E-state index contributed by atoms with van der Waals surface area (Å²) >= 11 is 0. The molecule has 0 aliphatic rings. The molecule has 19 heavy (non-hydrogen) atoms. The lowest BCUT2D eigenvalue weighted by Crippen LogP contribution is -3.00. The van der Waals surface area contributed by atoms with Crippen LogP contribution in [0.25, 0.3) is 4.98 Å². The molecule has 0 saturated heterocycles. The molecule has 0 unspecified atom stereocenters. The number of methoxy groups -OCH3 is 1. The van der Waals surface area contributed by atoms with Crippen LogP contribution in [0.5, 0.6) is 5.75 Å². The van der Waals surface area contributed by atoms with Crippen molar-refractivity contribution in [3.8, 4) is 5.75 Å². The number of nitrogens with one attached hydrogen (secondary N) is 1. The molecule has 0 heterocycles. The average molecular weight is 306 g/mol. The first kappa shape index (κ1) is 17.6. The zero-order valence-corrected chi connectivity index (χ0v) is 12.3. The first-order valence-corrected chi connectivity index (χ1v) is 7.06. The van der Waals surface area contributed by atoms with Gasteiger partial charge >= 0.3 is 5.69 Å². The van der Waals surface area contributed by atoms with Gasteiger partial charge in [0, 0.05) is 6.54 Å². The van der Waals surface area contributed by atoms with Gasteiger partial charge in [0.25, 0.3) is 0 Å². The minimum Gasteiger partial charge on any atom is -1.00 e. The first-order valence-electron chi connectivity index (χ1n) is 5.58. The third kappa shape index (κ3) is 4.67. The van der Waals surface area contributed by atoms with Gasteiger partial charge in [-0.05, 0) is 18.6 Å². The van der Waals surface area contributed by atoms with Gasteiger partial charge in [-0.25, -0.2) is 13.1 Å². The average Bonchev–Trinajstić information content (AvgIpc) is 2.38.